The highest BCUT2D eigenvalue weighted by Crippen LogP contribution is 2.22. The molecular weight excluding hydrogens is 328 g/mol. The average molecular weight is 355 g/mol. The summed E-state index contributed by atoms with van der Waals surface area (Å²) in [5, 5.41) is 0. The standard InChI is InChI=1S/C22H26O2S/c1-17(2)5-7-19-9-13-21(14-10-19)25(23,24)22-15-11-20(12-16-22)8-6-18(3)4/h5-6,9-16H,7-8H2,1-4H3. The Balaban J connectivity index is 2.20. The van der Waals surface area contributed by atoms with Crippen LogP contribution < -0.4 is 0 Å². The van der Waals surface area contributed by atoms with Crippen LogP contribution >= 0.6 is 0 Å². The molecule has 0 radical (unpaired) electrons. The minimum absolute atomic E-state index is 0.338. The van der Waals surface area contributed by atoms with Crippen LogP contribution in [0.25, 0.3) is 0 Å². The van der Waals surface area contributed by atoms with Gasteiger partial charge in [-0.2, -0.15) is 0 Å². The van der Waals surface area contributed by atoms with Crippen molar-refractivity contribution in [3.8, 4) is 0 Å². The van der Waals surface area contributed by atoms with Crippen LogP contribution in [0.1, 0.15) is 38.8 Å². The summed E-state index contributed by atoms with van der Waals surface area (Å²) in [5.41, 5.74) is 4.73. The maximum Gasteiger partial charge on any atom is 0.206 e. The van der Waals surface area contributed by atoms with Crippen molar-refractivity contribution in [2.75, 3.05) is 0 Å². The minimum atomic E-state index is -3.47. The van der Waals surface area contributed by atoms with E-state index in [9.17, 15) is 8.42 Å². The molecule has 2 aromatic carbocycles. The molecule has 0 saturated heterocycles. The van der Waals surface area contributed by atoms with Gasteiger partial charge in [0.25, 0.3) is 0 Å². The van der Waals surface area contributed by atoms with Crippen molar-refractivity contribution < 1.29 is 8.42 Å². The summed E-state index contributed by atoms with van der Waals surface area (Å²) in [5.74, 6) is 0. The highest BCUT2D eigenvalue weighted by molar-refractivity contribution is 7.91. The van der Waals surface area contributed by atoms with E-state index in [-0.39, 0.29) is 0 Å². The van der Waals surface area contributed by atoms with Crippen molar-refractivity contribution >= 4 is 9.84 Å². The van der Waals surface area contributed by atoms with E-state index >= 15 is 0 Å². The molecule has 0 aliphatic heterocycles. The molecule has 0 atom stereocenters. The van der Waals surface area contributed by atoms with Crippen molar-refractivity contribution in [3.63, 3.8) is 0 Å². The van der Waals surface area contributed by atoms with Crippen molar-refractivity contribution in [1.29, 1.82) is 0 Å². The average Bonchev–Trinajstić information content (AvgIpc) is 2.59. The summed E-state index contributed by atoms with van der Waals surface area (Å²) in [7, 11) is -3.47. The van der Waals surface area contributed by atoms with E-state index in [4.69, 9.17) is 0 Å². The Labute approximate surface area is 151 Å². The second-order valence-electron chi connectivity index (χ2n) is 6.76. The minimum Gasteiger partial charge on any atom is -0.219 e. The van der Waals surface area contributed by atoms with Crippen molar-refractivity contribution in [1.82, 2.24) is 0 Å². The zero-order valence-electron chi connectivity index (χ0n) is 15.4. The summed E-state index contributed by atoms with van der Waals surface area (Å²) in [6.45, 7) is 8.22. The predicted molar refractivity (Wildman–Crippen MR) is 105 cm³/mol. The Hall–Kier alpha value is -2.13. The monoisotopic (exact) mass is 354 g/mol. The Bertz CT molecular complexity index is 791. The third-order valence-electron chi connectivity index (χ3n) is 3.96. The molecule has 0 aliphatic carbocycles. The second kappa shape index (κ2) is 8.30. The van der Waals surface area contributed by atoms with E-state index in [0.717, 1.165) is 24.0 Å². The number of hydrogen-bond donors (Lipinski definition) is 0. The van der Waals surface area contributed by atoms with Crippen LogP contribution in [0.5, 0.6) is 0 Å². The van der Waals surface area contributed by atoms with E-state index < -0.39 is 9.84 Å². The van der Waals surface area contributed by atoms with Crippen LogP contribution in [0.2, 0.25) is 0 Å². The number of allylic oxidation sites excluding steroid dienone is 4. The lowest BCUT2D eigenvalue weighted by Crippen LogP contribution is -2.02. The fourth-order valence-electron chi connectivity index (χ4n) is 2.39. The lowest BCUT2D eigenvalue weighted by molar-refractivity contribution is 0.596. The van der Waals surface area contributed by atoms with Gasteiger partial charge in [0.2, 0.25) is 9.84 Å². The van der Waals surface area contributed by atoms with Gasteiger partial charge in [-0.1, -0.05) is 47.6 Å². The molecule has 0 aromatic heterocycles. The molecular formula is C22H26O2S. The first kappa shape index (κ1) is 19.2. The third kappa shape index (κ3) is 5.43. The van der Waals surface area contributed by atoms with Crippen molar-refractivity contribution in [2.45, 2.75) is 50.3 Å². The van der Waals surface area contributed by atoms with Crippen LogP contribution in [0.3, 0.4) is 0 Å². The van der Waals surface area contributed by atoms with E-state index in [0.29, 0.717) is 9.79 Å². The Morgan fingerprint density at radius 2 is 1.00 bits per heavy atom. The molecule has 25 heavy (non-hydrogen) atoms. The lowest BCUT2D eigenvalue weighted by atomic mass is 10.1. The summed E-state index contributed by atoms with van der Waals surface area (Å²) in [4.78, 5) is 0.677. The molecule has 0 bridgehead atoms. The molecule has 2 nitrogen and oxygen atoms in total. The molecule has 0 saturated carbocycles. The molecule has 3 heteroatoms. The van der Waals surface area contributed by atoms with E-state index in [2.05, 4.69) is 39.8 Å². The highest BCUT2D eigenvalue weighted by Gasteiger charge is 2.17. The first-order valence-electron chi connectivity index (χ1n) is 8.49. The number of sulfone groups is 1. The molecule has 2 rings (SSSR count). The number of hydrogen-bond acceptors (Lipinski definition) is 2. The summed E-state index contributed by atoms with van der Waals surface area (Å²) >= 11 is 0. The van der Waals surface area contributed by atoms with Gasteiger partial charge in [-0.15, -0.1) is 0 Å². The molecule has 0 unspecified atom stereocenters. The molecule has 0 heterocycles. The molecule has 132 valence electrons. The fourth-order valence-corrected chi connectivity index (χ4v) is 3.65. The zero-order chi connectivity index (χ0) is 18.4. The smallest absolute Gasteiger partial charge is 0.206 e. The van der Waals surface area contributed by atoms with Gasteiger partial charge >= 0.3 is 0 Å². The summed E-state index contributed by atoms with van der Waals surface area (Å²) in [6.07, 6.45) is 5.91. The predicted octanol–water partition coefficient (Wildman–Crippen LogP) is 5.54. The first-order valence-corrected chi connectivity index (χ1v) is 9.97. The SMILES string of the molecule is CC(C)=CCc1ccc(S(=O)(=O)c2ccc(CC=C(C)C)cc2)cc1. The number of rotatable bonds is 6. The van der Waals surface area contributed by atoms with Gasteiger partial charge < -0.3 is 0 Å². The molecule has 0 spiro atoms. The largest absolute Gasteiger partial charge is 0.219 e. The van der Waals surface area contributed by atoms with Crippen LogP contribution in [-0.4, -0.2) is 8.42 Å². The van der Waals surface area contributed by atoms with Crippen LogP contribution in [0, 0.1) is 0 Å². The number of benzene rings is 2. The van der Waals surface area contributed by atoms with Crippen molar-refractivity contribution in [2.24, 2.45) is 0 Å². The fraction of sp³-hybridized carbons (Fsp3) is 0.273. The summed E-state index contributed by atoms with van der Waals surface area (Å²) < 4.78 is 25.5. The van der Waals surface area contributed by atoms with Gasteiger partial charge in [-0.05, 0) is 75.9 Å². The highest BCUT2D eigenvalue weighted by atomic mass is 32.2. The third-order valence-corrected chi connectivity index (χ3v) is 5.74. The van der Waals surface area contributed by atoms with Gasteiger partial charge in [0.1, 0.15) is 0 Å². The topological polar surface area (TPSA) is 34.1 Å². The van der Waals surface area contributed by atoms with Crippen LogP contribution in [0.15, 0.2) is 81.6 Å². The van der Waals surface area contributed by atoms with Gasteiger partial charge in [-0.3, -0.25) is 0 Å². The van der Waals surface area contributed by atoms with E-state index in [1.165, 1.54) is 11.1 Å². The maximum atomic E-state index is 12.8. The normalized spacial score (nSPS) is 11.0. The van der Waals surface area contributed by atoms with Crippen molar-refractivity contribution in [3.05, 3.63) is 83.0 Å². The summed E-state index contributed by atoms with van der Waals surface area (Å²) in [6, 6.07) is 14.3. The zero-order valence-corrected chi connectivity index (χ0v) is 16.2. The lowest BCUT2D eigenvalue weighted by Gasteiger charge is -2.07. The van der Waals surface area contributed by atoms with Gasteiger partial charge in [0.15, 0.2) is 0 Å². The molecule has 0 fully saturated rings. The Kier molecular flexibility index (Phi) is 6.38. The molecule has 0 amide bonds. The Morgan fingerprint density at radius 1 is 0.680 bits per heavy atom. The quantitative estimate of drug-likeness (QED) is 0.639. The van der Waals surface area contributed by atoms with E-state index in [1.807, 2.05) is 24.3 Å². The van der Waals surface area contributed by atoms with Gasteiger partial charge in [0.05, 0.1) is 9.79 Å². The van der Waals surface area contributed by atoms with Crippen LogP contribution in [0.4, 0.5) is 0 Å². The van der Waals surface area contributed by atoms with Crippen LogP contribution in [-0.2, 0) is 22.7 Å². The second-order valence-corrected chi connectivity index (χ2v) is 8.71. The van der Waals surface area contributed by atoms with E-state index in [1.54, 1.807) is 24.3 Å². The Morgan fingerprint density at radius 3 is 1.28 bits per heavy atom. The molecule has 0 N–H and O–H groups in total. The molecule has 0 aliphatic rings. The molecule has 2 aromatic rings. The first-order chi connectivity index (χ1) is 11.8. The maximum absolute atomic E-state index is 12.8. The van der Waals surface area contributed by atoms with Gasteiger partial charge in [0, 0.05) is 0 Å². The van der Waals surface area contributed by atoms with Gasteiger partial charge in [-0.25, -0.2) is 8.42 Å².